The molecule has 0 aromatic heterocycles. The number of Topliss-reactive ketones (excluding diaryl/α,β-unsaturated/α-hetero) is 1. The molecule has 0 amide bonds. The van der Waals surface area contributed by atoms with E-state index in [9.17, 15) is 4.79 Å². The maximum atomic E-state index is 11.4. The van der Waals surface area contributed by atoms with Crippen LogP contribution in [0.4, 0.5) is 0 Å². The number of allylic oxidation sites excluding steroid dienone is 2. The minimum absolute atomic E-state index is 0. The fourth-order valence-electron chi connectivity index (χ4n) is 1.72. The van der Waals surface area contributed by atoms with Crippen LogP contribution >= 0.6 is 0 Å². The number of carbonyl (C=O) groups is 1. The van der Waals surface area contributed by atoms with Crippen molar-refractivity contribution in [2.45, 2.75) is 40.5 Å². The zero-order valence-electron chi connectivity index (χ0n) is 8.53. The molecule has 78 valence electrons. The van der Waals surface area contributed by atoms with Gasteiger partial charge < -0.3 is 0 Å². The third kappa shape index (κ3) is 4.59. The van der Waals surface area contributed by atoms with Gasteiger partial charge in [0.25, 0.3) is 0 Å². The normalized spacial score (nSPS) is 19.0. The van der Waals surface area contributed by atoms with E-state index in [1.807, 2.05) is 6.92 Å². The van der Waals surface area contributed by atoms with Gasteiger partial charge in [0.2, 0.25) is 0 Å². The van der Waals surface area contributed by atoms with Crippen molar-refractivity contribution < 1.29 is 24.3 Å². The molecule has 1 rings (SSSR count). The van der Waals surface area contributed by atoms with E-state index >= 15 is 0 Å². The summed E-state index contributed by atoms with van der Waals surface area (Å²) in [5.74, 6) is 0.332. The number of carbonyl (C=O) groups excluding carboxylic acids is 1. The zero-order chi connectivity index (χ0) is 8.65. The summed E-state index contributed by atoms with van der Waals surface area (Å²) in [6.45, 7) is 8.31. The van der Waals surface area contributed by atoms with Crippen molar-refractivity contribution in [2.24, 2.45) is 5.41 Å². The Kier molecular flexibility index (Phi) is 9.30. The average Bonchev–Trinajstić information content (AvgIpc) is 1.81. The van der Waals surface area contributed by atoms with Crippen LogP contribution in [0.15, 0.2) is 11.1 Å². The molecule has 14 heavy (non-hydrogen) atoms. The molecule has 0 radical (unpaired) electrons. The summed E-state index contributed by atoms with van der Waals surface area (Å²) in [5, 5.41) is 0. The van der Waals surface area contributed by atoms with Gasteiger partial charge in [-0.05, 0) is 31.3 Å². The predicted molar refractivity (Wildman–Crippen MR) is 69.1 cm³/mol. The van der Waals surface area contributed by atoms with Crippen LogP contribution in [0.5, 0.6) is 0 Å². The van der Waals surface area contributed by atoms with Crippen LogP contribution in [0.1, 0.15) is 40.5 Å². The SMILES string of the molecule is CC1=C(C)C(=O)CC(C)(C)C1.[BH4-].[BH4-].[Zn+2]. The quantitative estimate of drug-likeness (QED) is 0.542. The molecule has 0 aliphatic heterocycles. The molecule has 0 spiro atoms. The molecule has 0 aromatic rings. The molecule has 0 unspecified atom stereocenters. The fourth-order valence-corrected chi connectivity index (χ4v) is 1.72. The Labute approximate surface area is 104 Å². The van der Waals surface area contributed by atoms with E-state index in [0.29, 0.717) is 5.78 Å². The minimum atomic E-state index is 0. The van der Waals surface area contributed by atoms with Crippen molar-refractivity contribution >= 4 is 22.6 Å². The van der Waals surface area contributed by atoms with Gasteiger partial charge in [-0.2, -0.15) is 0 Å². The number of ketones is 1. The third-order valence-electron chi connectivity index (χ3n) is 2.44. The van der Waals surface area contributed by atoms with E-state index < -0.39 is 0 Å². The first-order valence-electron chi connectivity index (χ1n) is 4.12. The van der Waals surface area contributed by atoms with E-state index in [-0.39, 0.29) is 41.7 Å². The van der Waals surface area contributed by atoms with Gasteiger partial charge in [0.1, 0.15) is 0 Å². The van der Waals surface area contributed by atoms with Crippen molar-refractivity contribution in [2.75, 3.05) is 0 Å². The Bertz CT molecular complexity index is 234. The second-order valence-electron chi connectivity index (χ2n) is 4.35. The van der Waals surface area contributed by atoms with Crippen LogP contribution in [0.25, 0.3) is 0 Å². The molecule has 1 nitrogen and oxygen atoms in total. The molecular formula is C10H24B2OZn. The first kappa shape index (κ1) is 19.7. The van der Waals surface area contributed by atoms with Crippen molar-refractivity contribution in [3.8, 4) is 0 Å². The Morgan fingerprint density at radius 2 is 1.50 bits per heavy atom. The van der Waals surface area contributed by atoms with Crippen molar-refractivity contribution in [3.05, 3.63) is 11.1 Å². The van der Waals surface area contributed by atoms with E-state index in [1.54, 1.807) is 0 Å². The monoisotopic (exact) mass is 246 g/mol. The predicted octanol–water partition coefficient (Wildman–Crippen LogP) is -0.194. The van der Waals surface area contributed by atoms with Gasteiger partial charge in [-0.3, -0.25) is 4.79 Å². The molecule has 0 aromatic carbocycles. The topological polar surface area (TPSA) is 17.1 Å². The first-order chi connectivity index (χ1) is 4.92. The van der Waals surface area contributed by atoms with Crippen LogP contribution in [0.3, 0.4) is 0 Å². The second kappa shape index (κ2) is 6.61. The van der Waals surface area contributed by atoms with Gasteiger partial charge in [0.05, 0.1) is 0 Å². The van der Waals surface area contributed by atoms with Crippen LogP contribution < -0.4 is 0 Å². The Morgan fingerprint density at radius 1 is 1.07 bits per heavy atom. The molecule has 0 bridgehead atoms. The summed E-state index contributed by atoms with van der Waals surface area (Å²) in [7, 11) is 0. The minimum Gasteiger partial charge on any atom is -0.295 e. The van der Waals surface area contributed by atoms with Gasteiger partial charge >= 0.3 is 19.5 Å². The number of hydrogen-bond donors (Lipinski definition) is 0. The average molecular weight is 247 g/mol. The summed E-state index contributed by atoms with van der Waals surface area (Å²) in [6, 6.07) is 0. The molecule has 0 N–H and O–H groups in total. The van der Waals surface area contributed by atoms with Crippen LogP contribution in [0.2, 0.25) is 0 Å². The molecule has 4 heteroatoms. The van der Waals surface area contributed by atoms with Gasteiger partial charge in [-0.15, -0.1) is 0 Å². The Hall–Kier alpha value is 0.163. The summed E-state index contributed by atoms with van der Waals surface area (Å²) < 4.78 is 0. The molecule has 1 aliphatic rings. The molecule has 0 heterocycles. The maximum Gasteiger partial charge on any atom is 2.00 e. The van der Waals surface area contributed by atoms with Crippen LogP contribution in [-0.2, 0) is 24.3 Å². The van der Waals surface area contributed by atoms with Crippen molar-refractivity contribution in [3.63, 3.8) is 0 Å². The first-order valence-corrected chi connectivity index (χ1v) is 4.12. The molecule has 0 atom stereocenters. The van der Waals surface area contributed by atoms with Crippen LogP contribution in [-0.4, -0.2) is 22.6 Å². The Balaban J connectivity index is -0.000000403. The van der Waals surface area contributed by atoms with Gasteiger partial charge in [-0.1, -0.05) is 36.2 Å². The van der Waals surface area contributed by atoms with Gasteiger partial charge in [-0.25, -0.2) is 0 Å². The standard InChI is InChI=1S/C10H16O.2BH4.Zn/c1-7-5-10(3,4)6-9(11)8(7)2;;;/h5-6H2,1-4H3;2*1H4;/q;2*-1;+2. The number of rotatable bonds is 0. The van der Waals surface area contributed by atoms with Gasteiger partial charge in [0, 0.05) is 6.42 Å². The van der Waals surface area contributed by atoms with E-state index in [0.717, 1.165) is 18.4 Å². The summed E-state index contributed by atoms with van der Waals surface area (Å²) in [6.07, 6.45) is 1.79. The van der Waals surface area contributed by atoms with Crippen molar-refractivity contribution in [1.29, 1.82) is 0 Å². The summed E-state index contributed by atoms with van der Waals surface area (Å²) >= 11 is 0. The third-order valence-corrected chi connectivity index (χ3v) is 2.44. The molecular weight excluding hydrogens is 223 g/mol. The summed E-state index contributed by atoms with van der Waals surface area (Å²) in [4.78, 5) is 11.4. The van der Waals surface area contributed by atoms with E-state index in [4.69, 9.17) is 0 Å². The van der Waals surface area contributed by atoms with E-state index in [1.165, 1.54) is 5.57 Å². The molecule has 1 aliphatic carbocycles. The molecule has 0 saturated heterocycles. The summed E-state index contributed by atoms with van der Waals surface area (Å²) in [5.41, 5.74) is 2.45. The zero-order valence-corrected chi connectivity index (χ0v) is 11.5. The smallest absolute Gasteiger partial charge is 0.295 e. The van der Waals surface area contributed by atoms with E-state index in [2.05, 4.69) is 20.8 Å². The second-order valence-corrected chi connectivity index (χ2v) is 4.35. The fraction of sp³-hybridized carbons (Fsp3) is 0.700. The van der Waals surface area contributed by atoms with Crippen LogP contribution in [0, 0.1) is 5.41 Å². The largest absolute Gasteiger partial charge is 2.00 e. The molecule has 0 fully saturated rings. The number of hydrogen-bond acceptors (Lipinski definition) is 1. The maximum absolute atomic E-state index is 11.4. The molecule has 0 saturated carbocycles. The Morgan fingerprint density at radius 3 is 1.86 bits per heavy atom. The van der Waals surface area contributed by atoms with Gasteiger partial charge in [0.15, 0.2) is 5.78 Å². The van der Waals surface area contributed by atoms with Crippen molar-refractivity contribution in [1.82, 2.24) is 0 Å².